The van der Waals surface area contributed by atoms with Gasteiger partial charge >= 0.3 is 0 Å². The van der Waals surface area contributed by atoms with Crippen molar-refractivity contribution in [1.29, 1.82) is 0 Å². The maximum absolute atomic E-state index is 12.5. The van der Waals surface area contributed by atoms with Crippen LogP contribution < -0.4 is 0 Å². The van der Waals surface area contributed by atoms with Crippen LogP contribution in [0.5, 0.6) is 0 Å². The lowest BCUT2D eigenvalue weighted by Gasteiger charge is -2.21. The number of nitrogens with zero attached hydrogens (tertiary/aromatic N) is 1. The summed E-state index contributed by atoms with van der Waals surface area (Å²) in [5.41, 5.74) is 3.13. The Hall–Kier alpha value is -1.61. The van der Waals surface area contributed by atoms with Crippen LogP contribution >= 0.6 is 11.3 Å². The van der Waals surface area contributed by atoms with Crippen molar-refractivity contribution in [2.75, 3.05) is 6.54 Å². The summed E-state index contributed by atoms with van der Waals surface area (Å²) >= 11 is 1.65. The topological polar surface area (TPSA) is 20.3 Å². The first-order valence-corrected chi connectivity index (χ1v) is 7.39. The normalized spacial score (nSPS) is 10.5. The standard InChI is InChI=1S/C16H19NOS/c1-4-17(10-14-8-6-5-7-9-14)16(18)15-11-19-13(3)12(15)2/h5-9,11H,4,10H2,1-3H3. The number of carbonyl (C=O) groups excluding carboxylic acids is 1. The Morgan fingerprint density at radius 2 is 1.89 bits per heavy atom. The van der Waals surface area contributed by atoms with Crippen LogP contribution in [0.3, 0.4) is 0 Å². The molecule has 1 heterocycles. The second-order valence-electron chi connectivity index (χ2n) is 4.64. The largest absolute Gasteiger partial charge is 0.335 e. The van der Waals surface area contributed by atoms with E-state index in [2.05, 4.69) is 19.1 Å². The first-order valence-electron chi connectivity index (χ1n) is 6.51. The van der Waals surface area contributed by atoms with Gasteiger partial charge in [-0.15, -0.1) is 11.3 Å². The van der Waals surface area contributed by atoms with Gasteiger partial charge in [-0.1, -0.05) is 30.3 Å². The predicted octanol–water partition coefficient (Wildman–Crippen LogP) is 4.03. The highest BCUT2D eigenvalue weighted by molar-refractivity contribution is 7.10. The molecule has 0 saturated carbocycles. The SMILES string of the molecule is CCN(Cc1ccccc1)C(=O)c1csc(C)c1C. The Kier molecular flexibility index (Phi) is 4.38. The molecule has 3 heteroatoms. The molecular weight excluding hydrogens is 254 g/mol. The highest BCUT2D eigenvalue weighted by Crippen LogP contribution is 2.22. The average molecular weight is 273 g/mol. The minimum Gasteiger partial charge on any atom is -0.335 e. The molecule has 0 unspecified atom stereocenters. The molecule has 1 amide bonds. The summed E-state index contributed by atoms with van der Waals surface area (Å²) in [5, 5.41) is 1.97. The van der Waals surface area contributed by atoms with Crippen LogP contribution in [0.1, 0.15) is 33.3 Å². The summed E-state index contributed by atoms with van der Waals surface area (Å²) in [7, 11) is 0. The third-order valence-electron chi connectivity index (χ3n) is 3.40. The van der Waals surface area contributed by atoms with E-state index in [1.165, 1.54) is 10.4 Å². The first kappa shape index (κ1) is 13.8. The molecule has 19 heavy (non-hydrogen) atoms. The molecule has 2 aromatic rings. The molecule has 2 rings (SSSR count). The zero-order valence-electron chi connectivity index (χ0n) is 11.6. The van der Waals surface area contributed by atoms with Crippen molar-refractivity contribution in [3.8, 4) is 0 Å². The monoisotopic (exact) mass is 273 g/mol. The number of hydrogen-bond acceptors (Lipinski definition) is 2. The van der Waals surface area contributed by atoms with Crippen molar-refractivity contribution in [1.82, 2.24) is 4.90 Å². The van der Waals surface area contributed by atoms with Crippen molar-refractivity contribution >= 4 is 17.2 Å². The number of benzene rings is 1. The minimum atomic E-state index is 0.133. The zero-order chi connectivity index (χ0) is 13.8. The lowest BCUT2D eigenvalue weighted by molar-refractivity contribution is 0.0752. The van der Waals surface area contributed by atoms with Gasteiger partial charge in [-0.2, -0.15) is 0 Å². The third kappa shape index (κ3) is 3.04. The molecule has 1 aromatic carbocycles. The van der Waals surface area contributed by atoms with Gasteiger partial charge in [0.25, 0.3) is 5.91 Å². The van der Waals surface area contributed by atoms with Crippen LogP contribution in [0, 0.1) is 13.8 Å². The van der Waals surface area contributed by atoms with Gasteiger partial charge < -0.3 is 4.90 Å². The Bertz CT molecular complexity index is 559. The van der Waals surface area contributed by atoms with Crippen LogP contribution in [0.4, 0.5) is 0 Å². The average Bonchev–Trinajstić information content (AvgIpc) is 2.77. The van der Waals surface area contributed by atoms with Crippen LogP contribution in [-0.4, -0.2) is 17.4 Å². The first-order chi connectivity index (χ1) is 9.13. The van der Waals surface area contributed by atoms with Crippen LogP contribution in [-0.2, 0) is 6.54 Å². The second-order valence-corrected chi connectivity index (χ2v) is 5.72. The van der Waals surface area contributed by atoms with E-state index >= 15 is 0 Å². The summed E-state index contributed by atoms with van der Waals surface area (Å²) in [4.78, 5) is 15.7. The fourth-order valence-corrected chi connectivity index (χ4v) is 2.88. The van der Waals surface area contributed by atoms with E-state index < -0.39 is 0 Å². The molecule has 0 fully saturated rings. The van der Waals surface area contributed by atoms with Crippen LogP contribution in [0.2, 0.25) is 0 Å². The van der Waals surface area contributed by atoms with E-state index in [0.29, 0.717) is 6.54 Å². The molecule has 0 spiro atoms. The van der Waals surface area contributed by atoms with E-state index in [1.807, 2.05) is 42.3 Å². The Balaban J connectivity index is 2.18. The summed E-state index contributed by atoms with van der Waals surface area (Å²) in [5.74, 6) is 0.133. The molecule has 0 radical (unpaired) electrons. The van der Waals surface area contributed by atoms with Gasteiger partial charge in [0, 0.05) is 23.3 Å². The van der Waals surface area contributed by atoms with E-state index in [0.717, 1.165) is 17.7 Å². The molecule has 0 saturated heterocycles. The zero-order valence-corrected chi connectivity index (χ0v) is 12.5. The van der Waals surface area contributed by atoms with Gasteiger partial charge in [0.15, 0.2) is 0 Å². The maximum Gasteiger partial charge on any atom is 0.255 e. The fraction of sp³-hybridized carbons (Fsp3) is 0.312. The molecule has 0 aliphatic rings. The van der Waals surface area contributed by atoms with Gasteiger partial charge in [0.05, 0.1) is 5.56 Å². The lowest BCUT2D eigenvalue weighted by Crippen LogP contribution is -2.30. The molecule has 0 aliphatic heterocycles. The lowest BCUT2D eigenvalue weighted by atomic mass is 10.1. The van der Waals surface area contributed by atoms with E-state index in [-0.39, 0.29) is 5.91 Å². The van der Waals surface area contributed by atoms with Crippen LogP contribution in [0.15, 0.2) is 35.7 Å². The summed E-state index contributed by atoms with van der Waals surface area (Å²) < 4.78 is 0. The Morgan fingerprint density at radius 3 is 2.42 bits per heavy atom. The quantitative estimate of drug-likeness (QED) is 0.823. The Morgan fingerprint density at radius 1 is 1.21 bits per heavy atom. The van der Waals surface area contributed by atoms with Gasteiger partial charge in [-0.05, 0) is 31.9 Å². The number of amides is 1. The summed E-state index contributed by atoms with van der Waals surface area (Å²) in [6, 6.07) is 10.1. The smallest absolute Gasteiger partial charge is 0.255 e. The third-order valence-corrected chi connectivity index (χ3v) is 4.41. The molecule has 100 valence electrons. The van der Waals surface area contributed by atoms with Gasteiger partial charge in [-0.3, -0.25) is 4.79 Å². The van der Waals surface area contributed by atoms with Crippen molar-refractivity contribution in [3.05, 3.63) is 57.3 Å². The Labute approximate surface area is 118 Å². The molecule has 0 bridgehead atoms. The van der Waals surface area contributed by atoms with Crippen molar-refractivity contribution in [3.63, 3.8) is 0 Å². The molecule has 2 nitrogen and oxygen atoms in total. The fourth-order valence-electron chi connectivity index (χ4n) is 2.03. The minimum absolute atomic E-state index is 0.133. The maximum atomic E-state index is 12.5. The summed E-state index contributed by atoms with van der Waals surface area (Å²) in [6.07, 6.45) is 0. The molecular formula is C16H19NOS. The van der Waals surface area contributed by atoms with E-state index in [9.17, 15) is 4.79 Å². The second kappa shape index (κ2) is 6.02. The molecule has 0 aliphatic carbocycles. The molecule has 0 N–H and O–H groups in total. The van der Waals surface area contributed by atoms with Crippen molar-refractivity contribution in [2.24, 2.45) is 0 Å². The van der Waals surface area contributed by atoms with Crippen molar-refractivity contribution < 1.29 is 4.79 Å². The number of carbonyl (C=O) groups is 1. The number of thiophene rings is 1. The van der Waals surface area contributed by atoms with E-state index in [4.69, 9.17) is 0 Å². The summed E-state index contributed by atoms with van der Waals surface area (Å²) in [6.45, 7) is 7.50. The van der Waals surface area contributed by atoms with Gasteiger partial charge in [0.2, 0.25) is 0 Å². The predicted molar refractivity (Wildman–Crippen MR) is 80.6 cm³/mol. The highest BCUT2D eigenvalue weighted by Gasteiger charge is 2.18. The molecule has 1 aromatic heterocycles. The van der Waals surface area contributed by atoms with Crippen molar-refractivity contribution in [2.45, 2.75) is 27.3 Å². The highest BCUT2D eigenvalue weighted by atomic mass is 32.1. The number of rotatable bonds is 4. The number of aryl methyl sites for hydroxylation is 1. The van der Waals surface area contributed by atoms with Gasteiger partial charge in [-0.25, -0.2) is 0 Å². The number of hydrogen-bond donors (Lipinski definition) is 0. The van der Waals surface area contributed by atoms with E-state index in [1.54, 1.807) is 11.3 Å². The molecule has 0 atom stereocenters. The van der Waals surface area contributed by atoms with Crippen LogP contribution in [0.25, 0.3) is 0 Å². The van der Waals surface area contributed by atoms with Gasteiger partial charge in [0.1, 0.15) is 0 Å².